The fourth-order valence-electron chi connectivity index (χ4n) is 12.2. The zero-order valence-electron chi connectivity index (χ0n) is 44.0. The van der Waals surface area contributed by atoms with Gasteiger partial charge in [0, 0.05) is 0 Å². The van der Waals surface area contributed by atoms with E-state index in [9.17, 15) is 0 Å². The van der Waals surface area contributed by atoms with Gasteiger partial charge in [-0.05, 0) is 159 Å². The second-order valence-electron chi connectivity index (χ2n) is 21.0. The van der Waals surface area contributed by atoms with Crippen molar-refractivity contribution < 1.29 is 0 Å². The second kappa shape index (κ2) is 19.7. The SMILES string of the molecule is CCC(C)C.Cc1ccc(-c2ccc3c4ccccc4c4ccccc4c3c2)cc1.Cc1ccc2c(c1)C1(c3ccccc3-c3ccccc31)c1ccccc1-2.Cc1cccc2c3ccccc3c3ccccc3c12. The van der Waals surface area contributed by atoms with Gasteiger partial charge in [0.15, 0.2) is 0 Å². The van der Waals surface area contributed by atoms with E-state index in [1.54, 1.807) is 0 Å². The normalized spacial score (nSPS) is 12.4. The van der Waals surface area contributed by atoms with Crippen molar-refractivity contribution in [3.63, 3.8) is 0 Å². The molecule has 0 bridgehead atoms. The van der Waals surface area contributed by atoms with Gasteiger partial charge in [0.25, 0.3) is 0 Å². The third-order valence-electron chi connectivity index (χ3n) is 16.1. The Balaban J connectivity index is 0.000000110. The molecule has 75 heavy (non-hydrogen) atoms. The monoisotopic (exact) mass is 962 g/mol. The Kier molecular flexibility index (Phi) is 12.5. The van der Waals surface area contributed by atoms with E-state index in [1.165, 1.54) is 143 Å². The molecule has 0 unspecified atom stereocenters. The number of rotatable bonds is 2. The van der Waals surface area contributed by atoms with Crippen molar-refractivity contribution in [3.05, 3.63) is 288 Å². The highest BCUT2D eigenvalue weighted by Gasteiger charge is 2.51. The summed E-state index contributed by atoms with van der Waals surface area (Å²) >= 11 is 0. The average molecular weight is 963 g/mol. The van der Waals surface area contributed by atoms with E-state index < -0.39 is 0 Å². The fourth-order valence-corrected chi connectivity index (χ4v) is 12.2. The molecular weight excluding hydrogens is 901 g/mol. The van der Waals surface area contributed by atoms with Gasteiger partial charge in [0.05, 0.1) is 5.41 Å². The van der Waals surface area contributed by atoms with E-state index in [4.69, 9.17) is 0 Å². The van der Waals surface area contributed by atoms with Crippen molar-refractivity contribution >= 4 is 64.6 Å². The summed E-state index contributed by atoms with van der Waals surface area (Å²) in [6.07, 6.45) is 1.31. The molecule has 0 N–H and O–H groups in total. The minimum atomic E-state index is -0.189. The number of hydrogen-bond donors (Lipinski definition) is 0. The zero-order chi connectivity index (χ0) is 51.2. The van der Waals surface area contributed by atoms with Crippen LogP contribution in [0.2, 0.25) is 0 Å². The maximum absolute atomic E-state index is 2.40. The number of benzene rings is 13. The van der Waals surface area contributed by atoms with Crippen LogP contribution in [-0.4, -0.2) is 0 Å². The molecule has 13 aromatic rings. The summed E-state index contributed by atoms with van der Waals surface area (Å²) in [6, 6.07) is 90.8. The summed E-state index contributed by atoms with van der Waals surface area (Å²) in [6.45, 7) is 13.2. The van der Waals surface area contributed by atoms with Gasteiger partial charge in [-0.15, -0.1) is 0 Å². The average Bonchev–Trinajstić information content (AvgIpc) is 4.15. The van der Waals surface area contributed by atoms with Gasteiger partial charge in [-0.3, -0.25) is 0 Å². The lowest BCUT2D eigenvalue weighted by molar-refractivity contribution is 0.626. The molecule has 0 fully saturated rings. The largest absolute Gasteiger partial charge is 0.0725 e. The molecule has 0 radical (unpaired) electrons. The van der Waals surface area contributed by atoms with Crippen LogP contribution in [0.1, 0.15) is 66.1 Å². The molecule has 0 amide bonds. The van der Waals surface area contributed by atoms with Gasteiger partial charge in [0.1, 0.15) is 0 Å². The van der Waals surface area contributed by atoms with E-state index in [0.29, 0.717) is 0 Å². The molecule has 0 nitrogen and oxygen atoms in total. The van der Waals surface area contributed by atoms with Gasteiger partial charge in [0.2, 0.25) is 0 Å². The summed E-state index contributed by atoms with van der Waals surface area (Å²) in [5.74, 6) is 0.884. The lowest BCUT2D eigenvalue weighted by atomic mass is 9.70. The molecule has 0 saturated heterocycles. The molecule has 2 aliphatic carbocycles. The first-order chi connectivity index (χ1) is 36.8. The third kappa shape index (κ3) is 8.08. The minimum Gasteiger partial charge on any atom is -0.0651 e. The molecule has 0 heteroatoms. The molecule has 13 aromatic carbocycles. The molecule has 0 aromatic heterocycles. The molecule has 15 rings (SSSR count). The van der Waals surface area contributed by atoms with Gasteiger partial charge in [-0.25, -0.2) is 0 Å². The van der Waals surface area contributed by atoms with Crippen LogP contribution >= 0.6 is 0 Å². The molecule has 2 aliphatic rings. The van der Waals surface area contributed by atoms with Gasteiger partial charge < -0.3 is 0 Å². The van der Waals surface area contributed by atoms with Crippen molar-refractivity contribution in [2.45, 2.75) is 53.4 Å². The molecule has 1 spiro atoms. The highest BCUT2D eigenvalue weighted by molar-refractivity contribution is 6.27. The van der Waals surface area contributed by atoms with E-state index in [2.05, 4.69) is 290 Å². The van der Waals surface area contributed by atoms with Gasteiger partial charge >= 0.3 is 0 Å². The summed E-state index contributed by atoms with van der Waals surface area (Å²) in [4.78, 5) is 0. The molecule has 362 valence electrons. The Bertz CT molecular complexity index is 4140. The predicted molar refractivity (Wildman–Crippen MR) is 325 cm³/mol. The van der Waals surface area contributed by atoms with Crippen LogP contribution in [0.5, 0.6) is 0 Å². The van der Waals surface area contributed by atoms with E-state index in [0.717, 1.165) is 5.92 Å². The van der Waals surface area contributed by atoms with Crippen molar-refractivity contribution in [1.29, 1.82) is 0 Å². The number of aryl methyl sites for hydroxylation is 3. The Morgan fingerprint density at radius 1 is 0.293 bits per heavy atom. The Morgan fingerprint density at radius 2 is 0.640 bits per heavy atom. The van der Waals surface area contributed by atoms with E-state index >= 15 is 0 Å². The van der Waals surface area contributed by atoms with Crippen molar-refractivity contribution in [2.75, 3.05) is 0 Å². The topological polar surface area (TPSA) is 0 Å². The van der Waals surface area contributed by atoms with Crippen LogP contribution in [0.25, 0.3) is 98.0 Å². The molecule has 0 aliphatic heterocycles. The maximum Gasteiger partial charge on any atom is 0.0725 e. The maximum atomic E-state index is 2.40. The summed E-state index contributed by atoms with van der Waals surface area (Å²) in [5, 5.41) is 16.1. The highest BCUT2D eigenvalue weighted by Crippen LogP contribution is 2.62. The summed E-state index contributed by atoms with van der Waals surface area (Å²) in [5.41, 5.74) is 17.5. The standard InChI is InChI=1S/C26H18.C25H18.C19H14.C5H12/c1-17-14-15-21-20-10-4-7-13-24(20)26(25(21)16-17)22-11-5-2-8-18(22)19-9-3-6-12-23(19)26;1-17-10-12-18(13-11-17)19-14-15-24-22-8-3-2-6-20(22)21-7-4-5-9-23(21)25(24)16-19;1-13-7-6-12-18-16-9-3-2-8-14(16)15-10-4-5-11-17(15)19(13)18;1-4-5(2)3/h2-16H,1H3;2-16H,1H3;2-12H,1H3;5H,4H2,1-3H3. The zero-order valence-corrected chi connectivity index (χ0v) is 44.0. The van der Waals surface area contributed by atoms with Crippen LogP contribution in [0.4, 0.5) is 0 Å². The molecule has 0 saturated carbocycles. The quantitative estimate of drug-likeness (QED) is 0.151. The highest BCUT2D eigenvalue weighted by atomic mass is 14.5. The van der Waals surface area contributed by atoms with Crippen LogP contribution in [0.3, 0.4) is 0 Å². The Hall–Kier alpha value is -8.58. The lowest BCUT2D eigenvalue weighted by Crippen LogP contribution is -2.25. The third-order valence-corrected chi connectivity index (χ3v) is 16.1. The van der Waals surface area contributed by atoms with Crippen molar-refractivity contribution in [1.82, 2.24) is 0 Å². The number of hydrogen-bond acceptors (Lipinski definition) is 0. The van der Waals surface area contributed by atoms with Crippen LogP contribution in [-0.2, 0) is 5.41 Å². The smallest absolute Gasteiger partial charge is 0.0651 e. The first-order valence-corrected chi connectivity index (χ1v) is 26.9. The molecule has 0 atom stereocenters. The Labute approximate surface area is 442 Å². The first kappa shape index (κ1) is 47.4. The first-order valence-electron chi connectivity index (χ1n) is 26.9. The molecule has 0 heterocycles. The van der Waals surface area contributed by atoms with Crippen LogP contribution < -0.4 is 0 Å². The van der Waals surface area contributed by atoms with Crippen LogP contribution in [0, 0.1) is 26.7 Å². The van der Waals surface area contributed by atoms with E-state index in [-0.39, 0.29) is 5.41 Å². The fraction of sp³-hybridized carbons (Fsp3) is 0.120. The second-order valence-corrected chi connectivity index (χ2v) is 21.0. The van der Waals surface area contributed by atoms with Gasteiger partial charge in [-0.2, -0.15) is 0 Å². The van der Waals surface area contributed by atoms with Crippen LogP contribution in [0.15, 0.2) is 249 Å². The molecular formula is C75H62. The van der Waals surface area contributed by atoms with Crippen molar-refractivity contribution in [2.24, 2.45) is 5.92 Å². The Morgan fingerprint density at radius 3 is 1.11 bits per heavy atom. The number of fused-ring (bicyclic) bond motifs is 22. The minimum absolute atomic E-state index is 0.189. The summed E-state index contributed by atoms with van der Waals surface area (Å²) < 4.78 is 0. The van der Waals surface area contributed by atoms with Crippen molar-refractivity contribution in [3.8, 4) is 33.4 Å². The lowest BCUT2D eigenvalue weighted by Gasteiger charge is -2.30. The van der Waals surface area contributed by atoms with E-state index in [1.807, 2.05) is 0 Å². The predicted octanol–water partition coefficient (Wildman–Crippen LogP) is 21.0. The van der Waals surface area contributed by atoms with Gasteiger partial charge in [-0.1, -0.05) is 281 Å². The summed E-state index contributed by atoms with van der Waals surface area (Å²) in [7, 11) is 0.